The first-order valence-corrected chi connectivity index (χ1v) is 6.72. The Morgan fingerprint density at radius 2 is 2.16 bits per heavy atom. The summed E-state index contributed by atoms with van der Waals surface area (Å²) in [6.45, 7) is 5.87. The molecule has 0 fully saturated rings. The number of benzene rings is 1. The second-order valence-corrected chi connectivity index (χ2v) is 4.95. The average Bonchev–Trinajstić information content (AvgIpc) is 2.82. The number of imidazole rings is 1. The van der Waals surface area contributed by atoms with E-state index in [1.54, 1.807) is 6.20 Å². The molecule has 0 aliphatic heterocycles. The Bertz CT molecular complexity index is 564. The monoisotopic (exact) mass is 295 g/mol. The molecule has 0 unspecified atom stereocenters. The fourth-order valence-corrected chi connectivity index (χ4v) is 2.09. The maximum atomic E-state index is 6.02. The van der Waals surface area contributed by atoms with E-state index in [0.29, 0.717) is 16.6 Å². The molecule has 3 nitrogen and oxygen atoms in total. The van der Waals surface area contributed by atoms with Crippen LogP contribution >= 0.6 is 23.2 Å². The van der Waals surface area contributed by atoms with Gasteiger partial charge >= 0.3 is 0 Å². The standard InChI is InChI=1S/C14H15Cl2N3/c1-2-5-17-9-14-18-6-7-19(14)10-11-3-4-12(15)13(16)8-11/h2-4,6-8,17H,1,5,9-10H2. The number of nitrogens with one attached hydrogen (secondary N) is 1. The number of halogens is 2. The van der Waals surface area contributed by atoms with Gasteiger partial charge in [0.2, 0.25) is 0 Å². The third kappa shape index (κ3) is 3.83. The highest BCUT2D eigenvalue weighted by Gasteiger charge is 2.04. The summed E-state index contributed by atoms with van der Waals surface area (Å²) in [6.07, 6.45) is 5.57. The molecule has 100 valence electrons. The van der Waals surface area contributed by atoms with Gasteiger partial charge in [0.05, 0.1) is 16.6 Å². The minimum absolute atomic E-state index is 0.573. The van der Waals surface area contributed by atoms with E-state index in [9.17, 15) is 0 Å². The second-order valence-electron chi connectivity index (χ2n) is 4.14. The Kier molecular flexibility index (Phi) is 5.02. The molecule has 0 bridgehead atoms. The summed E-state index contributed by atoms with van der Waals surface area (Å²) in [5.74, 6) is 0.980. The molecule has 0 aliphatic rings. The summed E-state index contributed by atoms with van der Waals surface area (Å²) >= 11 is 11.9. The van der Waals surface area contributed by atoms with E-state index in [-0.39, 0.29) is 0 Å². The van der Waals surface area contributed by atoms with E-state index in [1.165, 1.54) is 0 Å². The molecular weight excluding hydrogens is 281 g/mol. The molecule has 0 saturated carbocycles. The van der Waals surface area contributed by atoms with Crippen LogP contribution in [0.5, 0.6) is 0 Å². The minimum Gasteiger partial charge on any atom is -0.329 e. The molecule has 0 saturated heterocycles. The van der Waals surface area contributed by atoms with Crippen LogP contribution in [0.3, 0.4) is 0 Å². The number of hydrogen-bond donors (Lipinski definition) is 1. The summed E-state index contributed by atoms with van der Waals surface area (Å²) in [7, 11) is 0. The number of nitrogens with zero attached hydrogens (tertiary/aromatic N) is 2. The maximum absolute atomic E-state index is 6.02. The molecule has 0 atom stereocenters. The van der Waals surface area contributed by atoms with Crippen LogP contribution in [-0.2, 0) is 13.1 Å². The van der Waals surface area contributed by atoms with Crippen LogP contribution in [0.15, 0.2) is 43.2 Å². The van der Waals surface area contributed by atoms with Crippen LogP contribution in [0, 0.1) is 0 Å². The molecule has 5 heteroatoms. The summed E-state index contributed by atoms with van der Waals surface area (Å²) < 4.78 is 2.08. The van der Waals surface area contributed by atoms with Gasteiger partial charge in [-0.2, -0.15) is 0 Å². The number of rotatable bonds is 6. The molecule has 0 radical (unpaired) electrons. The van der Waals surface area contributed by atoms with Gasteiger partial charge in [-0.3, -0.25) is 0 Å². The van der Waals surface area contributed by atoms with Gasteiger partial charge in [-0.15, -0.1) is 6.58 Å². The third-order valence-electron chi connectivity index (χ3n) is 2.71. The minimum atomic E-state index is 0.573. The lowest BCUT2D eigenvalue weighted by Crippen LogP contribution is -2.17. The van der Waals surface area contributed by atoms with Crippen molar-refractivity contribution in [1.82, 2.24) is 14.9 Å². The molecule has 2 rings (SSSR count). The zero-order valence-electron chi connectivity index (χ0n) is 10.4. The van der Waals surface area contributed by atoms with Gasteiger partial charge in [-0.25, -0.2) is 4.98 Å². The summed E-state index contributed by atoms with van der Waals surface area (Å²) in [5.41, 5.74) is 1.09. The van der Waals surface area contributed by atoms with Gasteiger partial charge in [0.25, 0.3) is 0 Å². The number of aromatic nitrogens is 2. The average molecular weight is 296 g/mol. The van der Waals surface area contributed by atoms with Crippen LogP contribution in [0.25, 0.3) is 0 Å². The van der Waals surface area contributed by atoms with Crippen LogP contribution in [0.2, 0.25) is 10.0 Å². The third-order valence-corrected chi connectivity index (χ3v) is 3.45. The van der Waals surface area contributed by atoms with Crippen molar-refractivity contribution in [1.29, 1.82) is 0 Å². The van der Waals surface area contributed by atoms with Gasteiger partial charge in [0.15, 0.2) is 0 Å². The quantitative estimate of drug-likeness (QED) is 0.653. The lowest BCUT2D eigenvalue weighted by atomic mass is 10.2. The fraction of sp³-hybridized carbons (Fsp3) is 0.214. The first-order valence-electron chi connectivity index (χ1n) is 5.96. The van der Waals surface area contributed by atoms with Gasteiger partial charge in [-0.1, -0.05) is 35.3 Å². The Hall–Kier alpha value is -1.29. The van der Waals surface area contributed by atoms with E-state index < -0.39 is 0 Å². The fourth-order valence-electron chi connectivity index (χ4n) is 1.77. The van der Waals surface area contributed by atoms with Crippen molar-refractivity contribution < 1.29 is 0 Å². The maximum Gasteiger partial charge on any atom is 0.122 e. The van der Waals surface area contributed by atoms with Crippen molar-refractivity contribution in [3.05, 3.63) is 64.7 Å². The first-order chi connectivity index (χ1) is 9.20. The normalized spacial score (nSPS) is 10.6. The van der Waals surface area contributed by atoms with Crippen LogP contribution in [0.1, 0.15) is 11.4 Å². The van der Waals surface area contributed by atoms with Gasteiger partial charge < -0.3 is 9.88 Å². The van der Waals surface area contributed by atoms with Crippen molar-refractivity contribution in [3.8, 4) is 0 Å². The lowest BCUT2D eigenvalue weighted by molar-refractivity contribution is 0.653. The van der Waals surface area contributed by atoms with E-state index in [0.717, 1.165) is 24.5 Å². The highest BCUT2D eigenvalue weighted by atomic mass is 35.5. The van der Waals surface area contributed by atoms with Crippen LogP contribution in [-0.4, -0.2) is 16.1 Å². The molecule has 0 amide bonds. The summed E-state index contributed by atoms with van der Waals surface area (Å²) in [6, 6.07) is 5.66. The second kappa shape index (κ2) is 6.75. The topological polar surface area (TPSA) is 29.9 Å². The zero-order valence-corrected chi connectivity index (χ0v) is 12.0. The van der Waals surface area contributed by atoms with Gasteiger partial charge in [0, 0.05) is 25.5 Å². The van der Waals surface area contributed by atoms with Crippen molar-refractivity contribution in [2.45, 2.75) is 13.1 Å². The smallest absolute Gasteiger partial charge is 0.122 e. The van der Waals surface area contributed by atoms with E-state index in [1.807, 2.05) is 30.5 Å². The Morgan fingerprint density at radius 3 is 2.89 bits per heavy atom. The number of hydrogen-bond acceptors (Lipinski definition) is 2. The zero-order chi connectivity index (χ0) is 13.7. The van der Waals surface area contributed by atoms with Crippen molar-refractivity contribution in [3.63, 3.8) is 0 Å². The molecule has 1 aromatic carbocycles. The Morgan fingerprint density at radius 1 is 1.32 bits per heavy atom. The van der Waals surface area contributed by atoms with E-state index in [4.69, 9.17) is 23.2 Å². The molecule has 1 N–H and O–H groups in total. The van der Waals surface area contributed by atoms with Crippen molar-refractivity contribution in [2.75, 3.05) is 6.54 Å². The molecule has 19 heavy (non-hydrogen) atoms. The summed E-state index contributed by atoms with van der Waals surface area (Å²) in [4.78, 5) is 4.33. The first kappa shape index (κ1) is 14.1. The largest absolute Gasteiger partial charge is 0.329 e. The predicted molar refractivity (Wildman–Crippen MR) is 79.7 cm³/mol. The lowest BCUT2D eigenvalue weighted by Gasteiger charge is -2.09. The summed E-state index contributed by atoms with van der Waals surface area (Å²) in [5, 5.41) is 4.38. The predicted octanol–water partition coefficient (Wildman–Crippen LogP) is 3.51. The highest BCUT2D eigenvalue weighted by Crippen LogP contribution is 2.23. The molecule has 0 aliphatic carbocycles. The van der Waals surface area contributed by atoms with Crippen molar-refractivity contribution >= 4 is 23.2 Å². The van der Waals surface area contributed by atoms with Crippen LogP contribution in [0.4, 0.5) is 0 Å². The van der Waals surface area contributed by atoms with Crippen LogP contribution < -0.4 is 5.32 Å². The van der Waals surface area contributed by atoms with Gasteiger partial charge in [0.1, 0.15) is 5.82 Å². The Balaban J connectivity index is 2.08. The van der Waals surface area contributed by atoms with Gasteiger partial charge in [-0.05, 0) is 17.7 Å². The Labute approximate surface area is 122 Å². The molecule has 0 spiro atoms. The highest BCUT2D eigenvalue weighted by molar-refractivity contribution is 6.42. The molecule has 2 aromatic rings. The SMILES string of the molecule is C=CCNCc1nccn1Cc1ccc(Cl)c(Cl)c1. The molecule has 1 aromatic heterocycles. The van der Waals surface area contributed by atoms with E-state index >= 15 is 0 Å². The van der Waals surface area contributed by atoms with Crippen molar-refractivity contribution in [2.24, 2.45) is 0 Å². The van der Waals surface area contributed by atoms with E-state index in [2.05, 4.69) is 21.4 Å². The molecular formula is C14H15Cl2N3. The molecule has 1 heterocycles.